The van der Waals surface area contributed by atoms with Gasteiger partial charge in [0.05, 0.1) is 6.54 Å². The molecule has 0 saturated heterocycles. The Morgan fingerprint density at radius 2 is 1.97 bits per heavy atom. The van der Waals surface area contributed by atoms with Crippen LogP contribution in [0, 0.1) is 0 Å². The summed E-state index contributed by atoms with van der Waals surface area (Å²) in [5.74, 6) is 1.03. The van der Waals surface area contributed by atoms with E-state index in [-0.39, 0.29) is 18.1 Å². The van der Waals surface area contributed by atoms with Gasteiger partial charge in [0.25, 0.3) is 12.3 Å². The molecule has 0 saturated carbocycles. The molecule has 9 nitrogen and oxygen atoms in total. The number of aromatic nitrogens is 6. The van der Waals surface area contributed by atoms with Crippen LogP contribution in [-0.2, 0) is 20.1 Å². The summed E-state index contributed by atoms with van der Waals surface area (Å²) in [6.45, 7) is 0.569. The van der Waals surface area contributed by atoms with Crippen LogP contribution in [-0.4, -0.2) is 35.6 Å². The molecule has 2 N–H and O–H groups in total. The number of hydrogen-bond donors (Lipinski definition) is 2. The van der Waals surface area contributed by atoms with Gasteiger partial charge in [0.2, 0.25) is 0 Å². The maximum atomic E-state index is 12.6. The molecule has 3 aromatic heterocycles. The van der Waals surface area contributed by atoms with E-state index in [2.05, 4.69) is 35.8 Å². The molecule has 0 bridgehead atoms. The zero-order chi connectivity index (χ0) is 23.2. The number of amides is 1. The zero-order valence-electron chi connectivity index (χ0n) is 17.6. The lowest BCUT2D eigenvalue weighted by molar-refractivity contribution is 0.0950. The van der Waals surface area contributed by atoms with Gasteiger partial charge >= 0.3 is 0 Å². The summed E-state index contributed by atoms with van der Waals surface area (Å²) in [4.78, 5) is 24.3. The number of halogens is 2. The van der Waals surface area contributed by atoms with Crippen molar-refractivity contribution >= 4 is 11.6 Å². The van der Waals surface area contributed by atoms with Gasteiger partial charge in [-0.2, -0.15) is 0 Å². The third-order valence-electron chi connectivity index (χ3n) is 4.88. The van der Waals surface area contributed by atoms with E-state index in [0.29, 0.717) is 35.0 Å². The standard InChI is InChI=1S/C22H20F2N8O/c1-32-19(30-31-21(32)18-7-8-25-13-29-18)12-26-16-4-2-3-15(9-16)22(33)28-11-14-5-6-17(20(23)24)27-10-14/h2-10,13,20,26H,11-12H2,1H3,(H,28,33). The average Bonchev–Trinajstić information content (AvgIpc) is 3.22. The Kier molecular flexibility index (Phi) is 6.58. The maximum Gasteiger partial charge on any atom is 0.280 e. The molecule has 0 atom stereocenters. The molecule has 0 spiro atoms. The Labute approximate surface area is 188 Å². The zero-order valence-corrected chi connectivity index (χ0v) is 17.6. The summed E-state index contributed by atoms with van der Waals surface area (Å²) >= 11 is 0. The molecule has 0 unspecified atom stereocenters. The highest BCUT2D eigenvalue weighted by molar-refractivity contribution is 5.95. The van der Waals surface area contributed by atoms with Crippen LogP contribution in [0.1, 0.15) is 33.9 Å². The molecule has 0 aliphatic carbocycles. The van der Waals surface area contributed by atoms with E-state index in [0.717, 1.165) is 5.69 Å². The smallest absolute Gasteiger partial charge is 0.280 e. The molecule has 0 fully saturated rings. The van der Waals surface area contributed by atoms with Crippen LogP contribution in [0.15, 0.2) is 61.2 Å². The molecule has 4 aromatic rings. The summed E-state index contributed by atoms with van der Waals surface area (Å²) in [6, 6.07) is 11.5. The van der Waals surface area contributed by atoms with Crippen LogP contribution in [0.25, 0.3) is 11.5 Å². The van der Waals surface area contributed by atoms with Crippen molar-refractivity contribution in [1.29, 1.82) is 0 Å². The van der Waals surface area contributed by atoms with Crippen molar-refractivity contribution in [2.75, 3.05) is 5.32 Å². The van der Waals surface area contributed by atoms with E-state index in [9.17, 15) is 13.6 Å². The summed E-state index contributed by atoms with van der Waals surface area (Å²) in [5.41, 5.74) is 2.19. The van der Waals surface area contributed by atoms with Crippen LogP contribution in [0.3, 0.4) is 0 Å². The molecule has 0 radical (unpaired) electrons. The summed E-state index contributed by atoms with van der Waals surface area (Å²) < 4.78 is 27.0. The lowest BCUT2D eigenvalue weighted by Crippen LogP contribution is -2.23. The highest BCUT2D eigenvalue weighted by atomic mass is 19.3. The second kappa shape index (κ2) is 9.90. The van der Waals surface area contributed by atoms with Crippen molar-refractivity contribution in [2.45, 2.75) is 19.5 Å². The lowest BCUT2D eigenvalue weighted by Gasteiger charge is -2.10. The van der Waals surface area contributed by atoms with Gasteiger partial charge in [-0.3, -0.25) is 9.78 Å². The number of nitrogens with zero attached hydrogens (tertiary/aromatic N) is 6. The molecular formula is C22H20F2N8O. The van der Waals surface area contributed by atoms with Crippen molar-refractivity contribution in [3.63, 3.8) is 0 Å². The highest BCUT2D eigenvalue weighted by Crippen LogP contribution is 2.17. The third-order valence-corrected chi connectivity index (χ3v) is 4.88. The first kappa shape index (κ1) is 21.9. The van der Waals surface area contributed by atoms with E-state index in [1.165, 1.54) is 24.7 Å². The van der Waals surface area contributed by atoms with Gasteiger partial charge in [0.1, 0.15) is 17.7 Å². The molecule has 168 valence electrons. The third kappa shape index (κ3) is 5.32. The minimum Gasteiger partial charge on any atom is -0.378 e. The van der Waals surface area contributed by atoms with Crippen molar-refractivity contribution in [3.8, 4) is 11.5 Å². The van der Waals surface area contributed by atoms with Crippen LogP contribution >= 0.6 is 0 Å². The topological polar surface area (TPSA) is 111 Å². The first-order chi connectivity index (χ1) is 16.0. The van der Waals surface area contributed by atoms with Gasteiger partial charge in [-0.15, -0.1) is 10.2 Å². The van der Waals surface area contributed by atoms with E-state index in [1.807, 2.05) is 17.7 Å². The summed E-state index contributed by atoms with van der Waals surface area (Å²) in [5, 5.41) is 14.4. The van der Waals surface area contributed by atoms with E-state index in [1.54, 1.807) is 30.5 Å². The molecule has 3 heterocycles. The monoisotopic (exact) mass is 450 g/mol. The Balaban J connectivity index is 1.36. The second-order valence-electron chi connectivity index (χ2n) is 7.10. The normalized spacial score (nSPS) is 10.9. The Morgan fingerprint density at radius 3 is 2.70 bits per heavy atom. The van der Waals surface area contributed by atoms with Gasteiger partial charge in [-0.05, 0) is 35.9 Å². The van der Waals surface area contributed by atoms with E-state index >= 15 is 0 Å². The van der Waals surface area contributed by atoms with Crippen LogP contribution < -0.4 is 10.6 Å². The number of rotatable bonds is 8. The number of carbonyl (C=O) groups is 1. The maximum absolute atomic E-state index is 12.6. The number of pyridine rings is 1. The molecule has 33 heavy (non-hydrogen) atoms. The lowest BCUT2D eigenvalue weighted by atomic mass is 10.1. The van der Waals surface area contributed by atoms with Crippen LogP contribution in [0.4, 0.5) is 14.5 Å². The predicted octanol–water partition coefficient (Wildman–Crippen LogP) is 3.15. The largest absolute Gasteiger partial charge is 0.378 e. The van der Waals surface area contributed by atoms with Gasteiger partial charge in [0, 0.05) is 37.2 Å². The molecule has 1 amide bonds. The quantitative estimate of drug-likeness (QED) is 0.424. The molecule has 4 rings (SSSR count). The number of carbonyl (C=O) groups excluding carboxylic acids is 1. The highest BCUT2D eigenvalue weighted by Gasteiger charge is 2.12. The fourth-order valence-corrected chi connectivity index (χ4v) is 3.07. The SMILES string of the molecule is Cn1c(CNc2cccc(C(=O)NCc3ccc(C(F)F)nc3)c2)nnc1-c1ccncn1. The predicted molar refractivity (Wildman–Crippen MR) is 116 cm³/mol. The molecular weight excluding hydrogens is 430 g/mol. The number of nitrogens with one attached hydrogen (secondary N) is 2. The first-order valence-electron chi connectivity index (χ1n) is 10.0. The van der Waals surface area contributed by atoms with E-state index < -0.39 is 6.43 Å². The Morgan fingerprint density at radius 1 is 1.09 bits per heavy atom. The number of alkyl halides is 2. The van der Waals surface area contributed by atoms with Gasteiger partial charge in [-0.25, -0.2) is 18.7 Å². The van der Waals surface area contributed by atoms with Crippen molar-refractivity contribution in [3.05, 3.63) is 83.8 Å². The molecule has 0 aliphatic heterocycles. The van der Waals surface area contributed by atoms with Crippen molar-refractivity contribution < 1.29 is 13.6 Å². The van der Waals surface area contributed by atoms with Crippen LogP contribution in [0.5, 0.6) is 0 Å². The summed E-state index contributed by atoms with van der Waals surface area (Å²) in [6.07, 6.45) is 1.80. The molecule has 11 heteroatoms. The minimum atomic E-state index is -2.62. The molecule has 1 aromatic carbocycles. The Hall–Kier alpha value is -4.28. The number of anilines is 1. The van der Waals surface area contributed by atoms with Crippen LogP contribution in [0.2, 0.25) is 0 Å². The minimum absolute atomic E-state index is 0.178. The van der Waals surface area contributed by atoms with Crippen molar-refractivity contribution in [1.82, 2.24) is 35.0 Å². The fraction of sp³-hybridized carbons (Fsp3) is 0.182. The average molecular weight is 450 g/mol. The second-order valence-corrected chi connectivity index (χ2v) is 7.10. The number of benzene rings is 1. The van der Waals surface area contributed by atoms with Gasteiger partial charge in [-0.1, -0.05) is 12.1 Å². The number of hydrogen-bond acceptors (Lipinski definition) is 7. The molecule has 0 aliphatic rings. The Bertz CT molecular complexity index is 1230. The van der Waals surface area contributed by atoms with E-state index in [4.69, 9.17) is 0 Å². The van der Waals surface area contributed by atoms with Gasteiger partial charge < -0.3 is 15.2 Å². The summed E-state index contributed by atoms with van der Waals surface area (Å²) in [7, 11) is 1.85. The first-order valence-corrected chi connectivity index (χ1v) is 10.0. The van der Waals surface area contributed by atoms with Gasteiger partial charge in [0.15, 0.2) is 11.6 Å². The van der Waals surface area contributed by atoms with Crippen molar-refractivity contribution in [2.24, 2.45) is 7.05 Å². The fourth-order valence-electron chi connectivity index (χ4n) is 3.07.